The van der Waals surface area contributed by atoms with E-state index in [-0.39, 0.29) is 0 Å². The number of nitrogen functional groups attached to an aromatic ring is 1. The fourth-order valence-corrected chi connectivity index (χ4v) is 1.33. The van der Waals surface area contributed by atoms with Gasteiger partial charge < -0.3 is 16.0 Å². The van der Waals surface area contributed by atoms with Gasteiger partial charge in [0.05, 0.1) is 5.69 Å². The molecule has 1 aromatic rings. The number of anilines is 2. The van der Waals surface area contributed by atoms with Crippen LogP contribution in [0.1, 0.15) is 12.8 Å². The highest BCUT2D eigenvalue weighted by Crippen LogP contribution is 2.12. The van der Waals surface area contributed by atoms with Crippen LogP contribution in [-0.4, -0.2) is 37.1 Å². The van der Waals surface area contributed by atoms with Gasteiger partial charge in [-0.2, -0.15) is 0 Å². The van der Waals surface area contributed by atoms with Gasteiger partial charge in [0.15, 0.2) is 0 Å². The van der Waals surface area contributed by atoms with E-state index in [1.807, 2.05) is 12.1 Å². The normalized spacial score (nSPS) is 10.6. The lowest BCUT2D eigenvalue weighted by Gasteiger charge is -2.10. The third-order valence-electron chi connectivity index (χ3n) is 2.16. The maximum atomic E-state index is 5.75. The molecule has 4 nitrogen and oxygen atoms in total. The Labute approximate surface area is 91.5 Å². The highest BCUT2D eigenvalue weighted by molar-refractivity contribution is 5.60. The van der Waals surface area contributed by atoms with Gasteiger partial charge in [-0.1, -0.05) is 0 Å². The van der Waals surface area contributed by atoms with Gasteiger partial charge in [0.25, 0.3) is 0 Å². The first-order chi connectivity index (χ1) is 7.20. The number of nitrogens with two attached hydrogens (primary N) is 1. The molecule has 0 bridgehead atoms. The van der Waals surface area contributed by atoms with E-state index < -0.39 is 0 Å². The SMILES string of the molecule is CN(C)CCCCNc1ncccc1N. The summed E-state index contributed by atoms with van der Waals surface area (Å²) in [6.45, 7) is 2.05. The lowest BCUT2D eigenvalue weighted by atomic mass is 10.3. The third-order valence-corrected chi connectivity index (χ3v) is 2.16. The molecule has 0 saturated carbocycles. The van der Waals surface area contributed by atoms with Crippen molar-refractivity contribution in [1.29, 1.82) is 0 Å². The summed E-state index contributed by atoms with van der Waals surface area (Å²) in [5, 5.41) is 3.23. The summed E-state index contributed by atoms with van der Waals surface area (Å²) in [6, 6.07) is 3.70. The van der Waals surface area contributed by atoms with Crippen molar-refractivity contribution in [2.75, 3.05) is 38.2 Å². The van der Waals surface area contributed by atoms with Crippen molar-refractivity contribution in [3.63, 3.8) is 0 Å². The van der Waals surface area contributed by atoms with Crippen LogP contribution in [-0.2, 0) is 0 Å². The van der Waals surface area contributed by atoms with Crippen molar-refractivity contribution in [3.8, 4) is 0 Å². The molecule has 3 N–H and O–H groups in total. The van der Waals surface area contributed by atoms with E-state index in [1.165, 1.54) is 6.42 Å². The number of nitrogens with one attached hydrogen (secondary N) is 1. The molecule has 0 unspecified atom stereocenters. The van der Waals surface area contributed by atoms with E-state index >= 15 is 0 Å². The minimum absolute atomic E-state index is 0.713. The minimum atomic E-state index is 0.713. The summed E-state index contributed by atoms with van der Waals surface area (Å²) < 4.78 is 0. The van der Waals surface area contributed by atoms with Crippen molar-refractivity contribution < 1.29 is 0 Å². The first kappa shape index (κ1) is 11.8. The molecule has 0 aliphatic heterocycles. The summed E-state index contributed by atoms with van der Waals surface area (Å²) in [5.74, 6) is 0.794. The molecular weight excluding hydrogens is 188 g/mol. The Morgan fingerprint density at radius 1 is 1.40 bits per heavy atom. The van der Waals surface area contributed by atoms with E-state index in [1.54, 1.807) is 6.20 Å². The van der Waals surface area contributed by atoms with Gasteiger partial charge in [-0.15, -0.1) is 0 Å². The molecule has 0 amide bonds. The molecule has 0 aliphatic carbocycles. The fourth-order valence-electron chi connectivity index (χ4n) is 1.33. The molecule has 84 valence electrons. The van der Waals surface area contributed by atoms with Gasteiger partial charge in [0.1, 0.15) is 5.82 Å². The molecule has 15 heavy (non-hydrogen) atoms. The number of hydrogen-bond acceptors (Lipinski definition) is 4. The molecule has 0 atom stereocenters. The zero-order chi connectivity index (χ0) is 11.1. The van der Waals surface area contributed by atoms with Crippen LogP contribution in [0.3, 0.4) is 0 Å². The van der Waals surface area contributed by atoms with Gasteiger partial charge in [-0.05, 0) is 45.6 Å². The summed E-state index contributed by atoms with van der Waals surface area (Å²) in [7, 11) is 4.17. The molecule has 4 heteroatoms. The van der Waals surface area contributed by atoms with Gasteiger partial charge in [0, 0.05) is 12.7 Å². The second-order valence-electron chi connectivity index (χ2n) is 3.88. The van der Waals surface area contributed by atoms with Crippen LogP contribution in [0.2, 0.25) is 0 Å². The quantitative estimate of drug-likeness (QED) is 0.694. The van der Waals surface area contributed by atoms with Crippen LogP contribution < -0.4 is 11.1 Å². The van der Waals surface area contributed by atoms with E-state index in [4.69, 9.17) is 5.73 Å². The standard InChI is InChI=1S/C11H20N4/c1-15(2)9-4-3-7-13-11-10(12)6-5-8-14-11/h5-6,8H,3-4,7,9,12H2,1-2H3,(H,13,14). The smallest absolute Gasteiger partial charge is 0.149 e. The van der Waals surface area contributed by atoms with E-state index in [0.29, 0.717) is 5.69 Å². The van der Waals surface area contributed by atoms with Crippen LogP contribution in [0.25, 0.3) is 0 Å². The molecule has 0 spiro atoms. The molecule has 0 fully saturated rings. The second kappa shape index (κ2) is 6.24. The maximum Gasteiger partial charge on any atom is 0.149 e. The Bertz CT molecular complexity index is 286. The van der Waals surface area contributed by atoms with E-state index in [9.17, 15) is 0 Å². The number of hydrogen-bond donors (Lipinski definition) is 2. The number of nitrogens with zero attached hydrogens (tertiary/aromatic N) is 2. The van der Waals surface area contributed by atoms with Crippen LogP contribution in [0.15, 0.2) is 18.3 Å². The lowest BCUT2D eigenvalue weighted by Crippen LogP contribution is -2.14. The molecule has 0 radical (unpaired) electrons. The molecule has 1 aromatic heterocycles. The number of pyridine rings is 1. The first-order valence-corrected chi connectivity index (χ1v) is 5.29. The van der Waals surface area contributed by atoms with Gasteiger partial charge in [-0.25, -0.2) is 4.98 Å². The fraction of sp³-hybridized carbons (Fsp3) is 0.545. The summed E-state index contributed by atoms with van der Waals surface area (Å²) >= 11 is 0. The van der Waals surface area contributed by atoms with Crippen LogP contribution in [0, 0.1) is 0 Å². The Kier molecular flexibility index (Phi) is 4.90. The Balaban J connectivity index is 2.18. The predicted octanol–water partition coefficient (Wildman–Crippen LogP) is 1.42. The van der Waals surface area contributed by atoms with Crippen molar-refractivity contribution in [3.05, 3.63) is 18.3 Å². The topological polar surface area (TPSA) is 54.2 Å². The second-order valence-corrected chi connectivity index (χ2v) is 3.88. The Morgan fingerprint density at radius 2 is 2.20 bits per heavy atom. The summed E-state index contributed by atoms with van der Waals surface area (Å²) in [5.41, 5.74) is 6.46. The minimum Gasteiger partial charge on any atom is -0.396 e. The average Bonchev–Trinajstić information content (AvgIpc) is 2.20. The Morgan fingerprint density at radius 3 is 2.87 bits per heavy atom. The number of aromatic nitrogens is 1. The molecule has 0 aromatic carbocycles. The molecule has 0 aliphatic rings. The number of unbranched alkanes of at least 4 members (excludes halogenated alkanes) is 1. The van der Waals surface area contributed by atoms with Gasteiger partial charge in [-0.3, -0.25) is 0 Å². The maximum absolute atomic E-state index is 5.75. The summed E-state index contributed by atoms with van der Waals surface area (Å²) in [6.07, 6.45) is 4.07. The highest BCUT2D eigenvalue weighted by atomic mass is 15.0. The van der Waals surface area contributed by atoms with E-state index in [0.717, 1.165) is 25.3 Å². The zero-order valence-electron chi connectivity index (χ0n) is 9.53. The summed E-state index contributed by atoms with van der Waals surface area (Å²) in [4.78, 5) is 6.35. The number of rotatable bonds is 6. The first-order valence-electron chi connectivity index (χ1n) is 5.29. The van der Waals surface area contributed by atoms with E-state index in [2.05, 4.69) is 29.3 Å². The van der Waals surface area contributed by atoms with Crippen molar-refractivity contribution in [2.24, 2.45) is 0 Å². The Hall–Kier alpha value is -1.29. The third kappa shape index (κ3) is 4.65. The largest absolute Gasteiger partial charge is 0.396 e. The van der Waals surface area contributed by atoms with Crippen molar-refractivity contribution >= 4 is 11.5 Å². The molecule has 1 rings (SSSR count). The van der Waals surface area contributed by atoms with Crippen LogP contribution in [0.5, 0.6) is 0 Å². The van der Waals surface area contributed by atoms with Crippen molar-refractivity contribution in [2.45, 2.75) is 12.8 Å². The molecule has 1 heterocycles. The zero-order valence-corrected chi connectivity index (χ0v) is 9.53. The van der Waals surface area contributed by atoms with Gasteiger partial charge >= 0.3 is 0 Å². The monoisotopic (exact) mass is 208 g/mol. The van der Waals surface area contributed by atoms with Gasteiger partial charge in [0.2, 0.25) is 0 Å². The predicted molar refractivity (Wildman–Crippen MR) is 64.9 cm³/mol. The van der Waals surface area contributed by atoms with Crippen LogP contribution >= 0.6 is 0 Å². The molecular formula is C11H20N4. The molecule has 0 saturated heterocycles. The lowest BCUT2D eigenvalue weighted by molar-refractivity contribution is 0.396. The average molecular weight is 208 g/mol. The van der Waals surface area contributed by atoms with Crippen molar-refractivity contribution in [1.82, 2.24) is 9.88 Å². The highest BCUT2D eigenvalue weighted by Gasteiger charge is 1.97. The van der Waals surface area contributed by atoms with Crippen LogP contribution in [0.4, 0.5) is 11.5 Å².